The van der Waals surface area contributed by atoms with Crippen LogP contribution in [-0.4, -0.2) is 6.61 Å². The van der Waals surface area contributed by atoms with Crippen molar-refractivity contribution in [2.75, 3.05) is 6.61 Å². The molecule has 0 heterocycles. The average molecular weight is 280 g/mol. The predicted octanol–water partition coefficient (Wildman–Crippen LogP) is 3.92. The fourth-order valence-corrected chi connectivity index (χ4v) is 1.43. The zero-order valence-corrected chi connectivity index (χ0v) is 10.7. The molecular weight excluding hydrogens is 269 g/mol. The molecule has 0 spiro atoms. The summed E-state index contributed by atoms with van der Waals surface area (Å²) in [7, 11) is 0. The van der Waals surface area contributed by atoms with E-state index in [1.165, 1.54) is 6.07 Å². The summed E-state index contributed by atoms with van der Waals surface area (Å²) in [6, 6.07) is 6.17. The maximum absolute atomic E-state index is 12.7. The molecular formula is C14H11F3N2O. The largest absolute Gasteiger partial charge is 0.493 e. The number of hydrogen-bond acceptors (Lipinski definition) is 3. The van der Waals surface area contributed by atoms with Crippen LogP contribution in [0.3, 0.4) is 0 Å². The lowest BCUT2D eigenvalue weighted by Crippen LogP contribution is -2.06. The van der Waals surface area contributed by atoms with Crippen molar-refractivity contribution in [3.05, 3.63) is 34.9 Å². The molecule has 104 valence electrons. The third-order valence-corrected chi connectivity index (χ3v) is 2.34. The summed E-state index contributed by atoms with van der Waals surface area (Å²) in [5.41, 5.74) is -1.08. The monoisotopic (exact) mass is 280 g/mol. The highest BCUT2D eigenvalue weighted by molar-refractivity contribution is 5.67. The molecule has 6 heteroatoms. The summed E-state index contributed by atoms with van der Waals surface area (Å²) in [4.78, 5) is 0. The van der Waals surface area contributed by atoms with Crippen molar-refractivity contribution in [1.82, 2.24) is 0 Å². The standard InChI is InChI=1S/C14H11F3N2O/c1-2-5-20-13-4-3-12(14(15,16)17)7-11(13)6-10(8-18)9-19/h3-4,6-7H,2,5H2,1H3. The van der Waals surface area contributed by atoms with Crippen molar-refractivity contribution in [2.45, 2.75) is 19.5 Å². The van der Waals surface area contributed by atoms with Gasteiger partial charge >= 0.3 is 6.18 Å². The topological polar surface area (TPSA) is 56.8 Å². The van der Waals surface area contributed by atoms with Crippen LogP contribution in [0.2, 0.25) is 0 Å². The Morgan fingerprint density at radius 2 is 1.95 bits per heavy atom. The van der Waals surface area contributed by atoms with Gasteiger partial charge in [0.15, 0.2) is 0 Å². The number of benzene rings is 1. The van der Waals surface area contributed by atoms with Gasteiger partial charge in [0.05, 0.1) is 12.2 Å². The highest BCUT2D eigenvalue weighted by atomic mass is 19.4. The van der Waals surface area contributed by atoms with E-state index in [0.29, 0.717) is 13.0 Å². The molecule has 0 radical (unpaired) electrons. The Labute approximate surface area is 114 Å². The minimum Gasteiger partial charge on any atom is -0.493 e. The number of alkyl halides is 3. The van der Waals surface area contributed by atoms with Crippen LogP contribution in [0.4, 0.5) is 13.2 Å². The van der Waals surface area contributed by atoms with Gasteiger partial charge < -0.3 is 4.74 Å². The van der Waals surface area contributed by atoms with Crippen LogP contribution < -0.4 is 4.74 Å². The van der Waals surface area contributed by atoms with E-state index >= 15 is 0 Å². The van der Waals surface area contributed by atoms with Gasteiger partial charge in [0.25, 0.3) is 0 Å². The van der Waals surface area contributed by atoms with E-state index in [1.807, 2.05) is 6.92 Å². The van der Waals surface area contributed by atoms with Crippen LogP contribution in [0.5, 0.6) is 5.75 Å². The summed E-state index contributed by atoms with van der Waals surface area (Å²) in [6.45, 7) is 2.19. The van der Waals surface area contributed by atoms with Crippen LogP contribution in [0.25, 0.3) is 6.08 Å². The fourth-order valence-electron chi connectivity index (χ4n) is 1.43. The van der Waals surface area contributed by atoms with E-state index in [1.54, 1.807) is 12.1 Å². The first-order valence-electron chi connectivity index (χ1n) is 5.78. The third-order valence-electron chi connectivity index (χ3n) is 2.34. The molecule has 0 fully saturated rings. The van der Waals surface area contributed by atoms with Crippen molar-refractivity contribution in [1.29, 1.82) is 10.5 Å². The molecule has 0 aliphatic heterocycles. The summed E-state index contributed by atoms with van der Waals surface area (Å²) >= 11 is 0. The van der Waals surface area contributed by atoms with Gasteiger partial charge in [-0.25, -0.2) is 0 Å². The summed E-state index contributed by atoms with van der Waals surface area (Å²) in [6.07, 6.45) is -2.72. The molecule has 0 amide bonds. The van der Waals surface area contributed by atoms with E-state index in [9.17, 15) is 13.2 Å². The van der Waals surface area contributed by atoms with Gasteiger partial charge in [-0.2, -0.15) is 23.7 Å². The summed E-state index contributed by atoms with van der Waals surface area (Å²) in [5, 5.41) is 17.4. The van der Waals surface area contributed by atoms with E-state index in [0.717, 1.165) is 18.2 Å². The molecule has 0 bridgehead atoms. The highest BCUT2D eigenvalue weighted by Gasteiger charge is 2.31. The van der Waals surface area contributed by atoms with Gasteiger partial charge in [-0.3, -0.25) is 0 Å². The van der Waals surface area contributed by atoms with Gasteiger partial charge in [0, 0.05) is 5.56 Å². The molecule has 0 saturated carbocycles. The molecule has 0 aliphatic rings. The molecule has 0 N–H and O–H groups in total. The Morgan fingerprint density at radius 3 is 2.45 bits per heavy atom. The number of hydrogen-bond donors (Lipinski definition) is 0. The molecule has 3 nitrogen and oxygen atoms in total. The summed E-state index contributed by atoms with van der Waals surface area (Å²) in [5.74, 6) is 0.211. The Morgan fingerprint density at radius 1 is 1.30 bits per heavy atom. The van der Waals surface area contributed by atoms with Crippen molar-refractivity contribution in [2.24, 2.45) is 0 Å². The maximum Gasteiger partial charge on any atom is 0.416 e. The maximum atomic E-state index is 12.7. The quantitative estimate of drug-likeness (QED) is 0.785. The Kier molecular flexibility index (Phi) is 5.16. The molecule has 1 rings (SSSR count). The lowest BCUT2D eigenvalue weighted by Gasteiger charge is -2.12. The normalized spacial score (nSPS) is 10.3. The van der Waals surface area contributed by atoms with E-state index in [4.69, 9.17) is 15.3 Å². The molecule has 1 aromatic carbocycles. The van der Waals surface area contributed by atoms with Crippen molar-refractivity contribution >= 4 is 6.08 Å². The Balaban J connectivity index is 3.31. The lowest BCUT2D eigenvalue weighted by molar-refractivity contribution is -0.137. The lowest BCUT2D eigenvalue weighted by atomic mass is 10.1. The van der Waals surface area contributed by atoms with E-state index in [2.05, 4.69) is 0 Å². The van der Waals surface area contributed by atoms with Crippen LogP contribution in [0.1, 0.15) is 24.5 Å². The van der Waals surface area contributed by atoms with Crippen LogP contribution in [0.15, 0.2) is 23.8 Å². The van der Waals surface area contributed by atoms with Crippen molar-refractivity contribution < 1.29 is 17.9 Å². The van der Waals surface area contributed by atoms with Crippen LogP contribution in [-0.2, 0) is 6.18 Å². The molecule has 20 heavy (non-hydrogen) atoms. The molecule has 0 unspecified atom stereocenters. The van der Waals surface area contributed by atoms with Gasteiger partial charge in [0.2, 0.25) is 0 Å². The molecule has 0 aliphatic carbocycles. The van der Waals surface area contributed by atoms with E-state index < -0.39 is 11.7 Å². The number of nitrogens with zero attached hydrogens (tertiary/aromatic N) is 2. The number of ether oxygens (including phenoxy) is 1. The number of rotatable bonds is 4. The fraction of sp³-hybridized carbons (Fsp3) is 0.286. The SMILES string of the molecule is CCCOc1ccc(C(F)(F)F)cc1C=C(C#N)C#N. The predicted molar refractivity (Wildman–Crippen MR) is 66.4 cm³/mol. The second kappa shape index (κ2) is 6.63. The molecule has 1 aromatic rings. The molecule has 0 atom stereocenters. The smallest absolute Gasteiger partial charge is 0.416 e. The minimum absolute atomic E-state index is 0.0615. The molecule has 0 saturated heterocycles. The number of halogens is 3. The van der Waals surface area contributed by atoms with Crippen LogP contribution in [0, 0.1) is 22.7 Å². The second-order valence-electron chi connectivity index (χ2n) is 3.88. The highest BCUT2D eigenvalue weighted by Crippen LogP contribution is 2.33. The first-order valence-corrected chi connectivity index (χ1v) is 5.78. The third kappa shape index (κ3) is 4.03. The van der Waals surface area contributed by atoms with Gasteiger partial charge in [-0.05, 0) is 30.7 Å². The average Bonchev–Trinajstić information content (AvgIpc) is 2.41. The second-order valence-corrected chi connectivity index (χ2v) is 3.88. The molecule has 0 aromatic heterocycles. The van der Waals surface area contributed by atoms with Gasteiger partial charge in [-0.15, -0.1) is 0 Å². The minimum atomic E-state index is -4.49. The zero-order chi connectivity index (χ0) is 15.2. The van der Waals surface area contributed by atoms with Gasteiger partial charge in [-0.1, -0.05) is 6.92 Å². The van der Waals surface area contributed by atoms with Crippen molar-refractivity contribution in [3.8, 4) is 17.9 Å². The number of allylic oxidation sites excluding steroid dienone is 1. The zero-order valence-electron chi connectivity index (χ0n) is 10.7. The van der Waals surface area contributed by atoms with Crippen molar-refractivity contribution in [3.63, 3.8) is 0 Å². The first-order chi connectivity index (χ1) is 9.42. The first kappa shape index (κ1) is 15.6. The number of nitriles is 2. The Bertz CT molecular complexity index is 576. The summed E-state index contributed by atoms with van der Waals surface area (Å²) < 4.78 is 43.3. The van der Waals surface area contributed by atoms with Crippen LogP contribution >= 0.6 is 0 Å². The van der Waals surface area contributed by atoms with E-state index in [-0.39, 0.29) is 16.9 Å². The van der Waals surface area contributed by atoms with Gasteiger partial charge in [0.1, 0.15) is 23.5 Å². The Hall–Kier alpha value is -2.47.